The van der Waals surface area contributed by atoms with Crippen LogP contribution in [0.1, 0.15) is 45.6 Å². The summed E-state index contributed by atoms with van der Waals surface area (Å²) in [4.78, 5) is 0. The van der Waals surface area contributed by atoms with E-state index < -0.39 is 0 Å². The highest BCUT2D eigenvalue weighted by Crippen LogP contribution is 2.33. The molecule has 0 aromatic heterocycles. The largest absolute Gasteiger partial charge is 0.316 e. The topological polar surface area (TPSA) is 12.0 Å². The summed E-state index contributed by atoms with van der Waals surface area (Å²) in [5.74, 6) is 0. The summed E-state index contributed by atoms with van der Waals surface area (Å²) in [5.41, 5.74) is 1.57. The Kier molecular flexibility index (Phi) is 7.41. The minimum atomic E-state index is 0.312. The summed E-state index contributed by atoms with van der Waals surface area (Å²) in [5, 5.41) is 4.45. The molecule has 0 atom stereocenters. The van der Waals surface area contributed by atoms with Gasteiger partial charge in [-0.2, -0.15) is 0 Å². The van der Waals surface area contributed by atoms with Crippen LogP contribution in [0, 0.1) is 5.41 Å². The maximum atomic E-state index is 6.36. The van der Waals surface area contributed by atoms with E-state index >= 15 is 0 Å². The van der Waals surface area contributed by atoms with Crippen molar-refractivity contribution in [3.8, 4) is 0 Å². The van der Waals surface area contributed by atoms with Crippen molar-refractivity contribution in [2.45, 2.75) is 46.5 Å². The zero-order valence-electron chi connectivity index (χ0n) is 12.2. The summed E-state index contributed by atoms with van der Waals surface area (Å²) in [7, 11) is 0. The van der Waals surface area contributed by atoms with Gasteiger partial charge in [-0.05, 0) is 55.3 Å². The zero-order valence-corrected chi connectivity index (χ0v) is 14.6. The molecule has 1 aromatic rings. The van der Waals surface area contributed by atoms with Gasteiger partial charge >= 0.3 is 0 Å². The predicted molar refractivity (Wildman–Crippen MR) is 89.0 cm³/mol. The van der Waals surface area contributed by atoms with E-state index in [4.69, 9.17) is 11.6 Å². The minimum Gasteiger partial charge on any atom is -0.316 e. The van der Waals surface area contributed by atoms with Gasteiger partial charge in [-0.1, -0.05) is 54.4 Å². The minimum absolute atomic E-state index is 0.312. The summed E-state index contributed by atoms with van der Waals surface area (Å²) < 4.78 is 1.05. The van der Waals surface area contributed by atoms with Gasteiger partial charge in [-0.3, -0.25) is 0 Å². The Balaban J connectivity index is 2.81. The van der Waals surface area contributed by atoms with E-state index in [1.54, 1.807) is 0 Å². The Morgan fingerprint density at radius 2 is 1.89 bits per heavy atom. The standard InChI is InChI=1S/C16H25BrClN/c1-4-9-19-12-16(5-2,6-3)11-13-7-8-14(17)10-15(13)18/h7-8,10,19H,4-6,9,11-12H2,1-3H3. The molecule has 19 heavy (non-hydrogen) atoms. The van der Waals surface area contributed by atoms with Gasteiger partial charge in [0.1, 0.15) is 0 Å². The molecule has 0 spiro atoms. The van der Waals surface area contributed by atoms with Gasteiger partial charge in [-0.15, -0.1) is 0 Å². The van der Waals surface area contributed by atoms with Crippen molar-refractivity contribution in [1.82, 2.24) is 5.32 Å². The highest BCUT2D eigenvalue weighted by molar-refractivity contribution is 9.10. The van der Waals surface area contributed by atoms with Crippen molar-refractivity contribution in [3.05, 3.63) is 33.3 Å². The zero-order chi connectivity index (χ0) is 14.3. The molecule has 0 aliphatic carbocycles. The summed E-state index contributed by atoms with van der Waals surface area (Å²) >= 11 is 9.82. The molecule has 0 unspecified atom stereocenters. The number of rotatable bonds is 8. The first kappa shape index (κ1) is 17.0. The Hall–Kier alpha value is -0.0500. The van der Waals surface area contributed by atoms with E-state index in [2.05, 4.69) is 54.2 Å². The second-order valence-electron chi connectivity index (χ2n) is 5.30. The first-order chi connectivity index (χ1) is 9.06. The molecule has 0 saturated carbocycles. The van der Waals surface area contributed by atoms with Crippen LogP contribution < -0.4 is 5.32 Å². The molecule has 1 nitrogen and oxygen atoms in total. The molecule has 0 aliphatic rings. The van der Waals surface area contributed by atoms with Crippen LogP contribution in [0.2, 0.25) is 5.02 Å². The van der Waals surface area contributed by atoms with Crippen LogP contribution in [0.4, 0.5) is 0 Å². The van der Waals surface area contributed by atoms with Crippen LogP contribution in [-0.4, -0.2) is 13.1 Å². The quantitative estimate of drug-likeness (QED) is 0.617. The fourth-order valence-corrected chi connectivity index (χ4v) is 3.15. The van der Waals surface area contributed by atoms with E-state index in [9.17, 15) is 0 Å². The second kappa shape index (κ2) is 8.28. The average molecular weight is 347 g/mol. The maximum Gasteiger partial charge on any atom is 0.0449 e. The molecule has 1 aromatic carbocycles. The lowest BCUT2D eigenvalue weighted by atomic mass is 9.77. The van der Waals surface area contributed by atoms with Crippen LogP contribution in [0.25, 0.3) is 0 Å². The third-order valence-corrected chi connectivity index (χ3v) is 4.85. The van der Waals surface area contributed by atoms with E-state index in [0.29, 0.717) is 5.41 Å². The van der Waals surface area contributed by atoms with E-state index in [-0.39, 0.29) is 0 Å². The SMILES string of the molecule is CCCNCC(CC)(CC)Cc1ccc(Br)cc1Cl. The van der Waals surface area contributed by atoms with Crippen molar-refractivity contribution in [1.29, 1.82) is 0 Å². The van der Waals surface area contributed by atoms with Gasteiger partial charge < -0.3 is 5.32 Å². The van der Waals surface area contributed by atoms with Crippen molar-refractivity contribution in [2.24, 2.45) is 5.41 Å². The van der Waals surface area contributed by atoms with Gasteiger partial charge in [0.25, 0.3) is 0 Å². The molecule has 1 N–H and O–H groups in total. The Labute approximate surface area is 131 Å². The lowest BCUT2D eigenvalue weighted by molar-refractivity contribution is 0.247. The summed E-state index contributed by atoms with van der Waals surface area (Å²) in [6.07, 6.45) is 4.57. The highest BCUT2D eigenvalue weighted by Gasteiger charge is 2.26. The van der Waals surface area contributed by atoms with Crippen LogP contribution in [0.3, 0.4) is 0 Å². The fraction of sp³-hybridized carbons (Fsp3) is 0.625. The first-order valence-corrected chi connectivity index (χ1v) is 8.38. The van der Waals surface area contributed by atoms with Gasteiger partial charge in [0.2, 0.25) is 0 Å². The van der Waals surface area contributed by atoms with Gasteiger partial charge in [-0.25, -0.2) is 0 Å². The summed E-state index contributed by atoms with van der Waals surface area (Å²) in [6, 6.07) is 6.22. The number of nitrogens with one attached hydrogen (secondary N) is 1. The van der Waals surface area contributed by atoms with Crippen molar-refractivity contribution < 1.29 is 0 Å². The number of hydrogen-bond acceptors (Lipinski definition) is 1. The lowest BCUT2D eigenvalue weighted by Gasteiger charge is -2.32. The smallest absolute Gasteiger partial charge is 0.0449 e. The average Bonchev–Trinajstić information content (AvgIpc) is 2.41. The van der Waals surface area contributed by atoms with Gasteiger partial charge in [0.15, 0.2) is 0 Å². The first-order valence-electron chi connectivity index (χ1n) is 7.21. The Morgan fingerprint density at radius 3 is 2.42 bits per heavy atom. The van der Waals surface area contributed by atoms with Crippen molar-refractivity contribution in [2.75, 3.05) is 13.1 Å². The lowest BCUT2D eigenvalue weighted by Crippen LogP contribution is -2.35. The second-order valence-corrected chi connectivity index (χ2v) is 6.62. The number of benzene rings is 1. The van der Waals surface area contributed by atoms with E-state index in [0.717, 1.165) is 29.0 Å². The third kappa shape index (κ3) is 5.09. The maximum absolute atomic E-state index is 6.36. The predicted octanol–water partition coefficient (Wildman–Crippen LogP) is 5.45. The molecule has 3 heteroatoms. The monoisotopic (exact) mass is 345 g/mol. The van der Waals surface area contributed by atoms with Crippen LogP contribution in [0.15, 0.2) is 22.7 Å². The molecular weight excluding hydrogens is 322 g/mol. The number of halogens is 2. The Morgan fingerprint density at radius 1 is 1.21 bits per heavy atom. The summed E-state index contributed by atoms with van der Waals surface area (Å²) in [6.45, 7) is 8.93. The molecular formula is C16H25BrClN. The molecule has 0 saturated heterocycles. The molecule has 0 heterocycles. The van der Waals surface area contributed by atoms with E-state index in [1.165, 1.54) is 24.8 Å². The molecule has 108 valence electrons. The molecule has 0 fully saturated rings. The van der Waals surface area contributed by atoms with Crippen molar-refractivity contribution >= 4 is 27.5 Å². The van der Waals surface area contributed by atoms with E-state index in [1.807, 2.05) is 6.07 Å². The molecule has 0 amide bonds. The van der Waals surface area contributed by atoms with Gasteiger partial charge in [0, 0.05) is 16.0 Å². The molecule has 0 aliphatic heterocycles. The molecule has 1 rings (SSSR count). The number of hydrogen-bond donors (Lipinski definition) is 1. The van der Waals surface area contributed by atoms with Crippen LogP contribution >= 0.6 is 27.5 Å². The molecule has 0 bridgehead atoms. The van der Waals surface area contributed by atoms with Crippen molar-refractivity contribution in [3.63, 3.8) is 0 Å². The van der Waals surface area contributed by atoms with Crippen LogP contribution in [0.5, 0.6) is 0 Å². The third-order valence-electron chi connectivity index (χ3n) is 4.01. The molecule has 0 radical (unpaired) electrons. The van der Waals surface area contributed by atoms with Gasteiger partial charge in [0.05, 0.1) is 0 Å². The van der Waals surface area contributed by atoms with Crippen LogP contribution in [-0.2, 0) is 6.42 Å². The fourth-order valence-electron chi connectivity index (χ4n) is 2.41. The Bertz CT molecular complexity index is 388. The normalized spacial score (nSPS) is 11.8. The highest BCUT2D eigenvalue weighted by atomic mass is 79.9.